The predicted molar refractivity (Wildman–Crippen MR) is 94.9 cm³/mol. The zero-order valence-electron chi connectivity index (χ0n) is 13.9. The summed E-state index contributed by atoms with van der Waals surface area (Å²) < 4.78 is 72.0. The van der Waals surface area contributed by atoms with Gasteiger partial charge in [-0.05, 0) is 30.3 Å². The number of alkyl halides is 1. The van der Waals surface area contributed by atoms with Crippen LogP contribution in [0.25, 0.3) is 11.3 Å². The zero-order chi connectivity index (χ0) is 19.4. The van der Waals surface area contributed by atoms with Gasteiger partial charge in [-0.1, -0.05) is 12.1 Å². The number of sulfonamides is 1. The number of hydrogen-bond acceptors (Lipinski definition) is 3. The third-order valence-electron chi connectivity index (χ3n) is 3.66. The van der Waals surface area contributed by atoms with Crippen molar-refractivity contribution in [1.82, 2.24) is 4.98 Å². The Hall–Kier alpha value is -2.94. The molecular weight excluding hydrogens is 381 g/mol. The first-order chi connectivity index (χ1) is 12.9. The molecule has 2 N–H and O–H groups in total. The molecule has 0 saturated heterocycles. The van der Waals surface area contributed by atoms with Gasteiger partial charge in [0.25, 0.3) is 10.0 Å². The van der Waals surface area contributed by atoms with Gasteiger partial charge < -0.3 is 9.72 Å². The molecule has 5 nitrogen and oxygen atoms in total. The quantitative estimate of drug-likeness (QED) is 0.631. The topological polar surface area (TPSA) is 71.2 Å². The monoisotopic (exact) mass is 396 g/mol. The van der Waals surface area contributed by atoms with Crippen molar-refractivity contribution in [2.45, 2.75) is 4.90 Å². The van der Waals surface area contributed by atoms with E-state index in [0.29, 0.717) is 0 Å². The Balaban J connectivity index is 1.83. The average Bonchev–Trinajstić information content (AvgIpc) is 3.13. The minimum absolute atomic E-state index is 0.0802. The first-order valence-electron chi connectivity index (χ1n) is 7.85. The molecule has 0 saturated carbocycles. The van der Waals surface area contributed by atoms with Crippen LogP contribution < -0.4 is 9.46 Å². The Morgan fingerprint density at radius 3 is 2.52 bits per heavy atom. The van der Waals surface area contributed by atoms with Crippen LogP contribution in [-0.2, 0) is 10.0 Å². The van der Waals surface area contributed by atoms with Gasteiger partial charge in [-0.2, -0.15) is 0 Å². The summed E-state index contributed by atoms with van der Waals surface area (Å²) in [6.45, 7) is -0.958. The fourth-order valence-electron chi connectivity index (χ4n) is 2.39. The summed E-state index contributed by atoms with van der Waals surface area (Å²) in [5.74, 6) is -1.30. The van der Waals surface area contributed by atoms with Crippen LogP contribution in [-0.4, -0.2) is 26.7 Å². The summed E-state index contributed by atoms with van der Waals surface area (Å²) in [6, 6.07) is 10.6. The Bertz CT molecular complexity index is 1050. The molecule has 0 fully saturated rings. The van der Waals surface area contributed by atoms with Crippen molar-refractivity contribution in [3.8, 4) is 17.0 Å². The number of H-pyrrole nitrogens is 1. The van der Waals surface area contributed by atoms with Gasteiger partial charge in [-0.3, -0.25) is 4.72 Å². The van der Waals surface area contributed by atoms with E-state index in [2.05, 4.69) is 9.71 Å². The van der Waals surface area contributed by atoms with Crippen molar-refractivity contribution in [3.63, 3.8) is 0 Å². The number of rotatable bonds is 7. The van der Waals surface area contributed by atoms with E-state index in [1.54, 1.807) is 6.07 Å². The highest BCUT2D eigenvalue weighted by Gasteiger charge is 2.19. The maximum Gasteiger partial charge on any atom is 0.263 e. The number of ether oxygens (including phenoxy) is 1. The van der Waals surface area contributed by atoms with Crippen LogP contribution in [0.2, 0.25) is 0 Å². The normalized spacial score (nSPS) is 11.4. The van der Waals surface area contributed by atoms with Crippen LogP contribution in [0.3, 0.4) is 0 Å². The Morgan fingerprint density at radius 2 is 1.81 bits per heavy atom. The van der Waals surface area contributed by atoms with Crippen LogP contribution in [0.1, 0.15) is 0 Å². The van der Waals surface area contributed by atoms with Gasteiger partial charge in [0.05, 0.1) is 5.69 Å². The third kappa shape index (κ3) is 4.25. The molecule has 1 heterocycles. The van der Waals surface area contributed by atoms with Crippen molar-refractivity contribution in [1.29, 1.82) is 0 Å². The average molecular weight is 396 g/mol. The van der Waals surface area contributed by atoms with Crippen LogP contribution in [0.5, 0.6) is 5.75 Å². The SMILES string of the molecule is O=S(=O)(Nc1ccc(OCCF)cc1F)c1c[nH]c(-c2ccccc2F)c1. The molecule has 27 heavy (non-hydrogen) atoms. The van der Waals surface area contributed by atoms with Crippen molar-refractivity contribution >= 4 is 15.7 Å². The number of benzene rings is 2. The summed E-state index contributed by atoms with van der Waals surface area (Å²) >= 11 is 0. The van der Waals surface area contributed by atoms with E-state index in [1.165, 1.54) is 42.6 Å². The number of nitrogens with one attached hydrogen (secondary N) is 2. The number of hydrogen-bond donors (Lipinski definition) is 2. The molecule has 0 spiro atoms. The number of anilines is 1. The van der Waals surface area contributed by atoms with Crippen molar-refractivity contribution in [3.05, 3.63) is 66.4 Å². The van der Waals surface area contributed by atoms with Crippen molar-refractivity contribution in [2.75, 3.05) is 18.0 Å². The molecule has 0 aliphatic heterocycles. The lowest BCUT2D eigenvalue weighted by atomic mass is 10.1. The number of aromatic nitrogens is 1. The second kappa shape index (κ2) is 7.75. The summed E-state index contributed by atoms with van der Waals surface area (Å²) in [7, 11) is -4.11. The molecule has 142 valence electrons. The molecule has 0 aliphatic rings. The van der Waals surface area contributed by atoms with Crippen LogP contribution >= 0.6 is 0 Å². The molecule has 1 aromatic heterocycles. The van der Waals surface area contributed by atoms with E-state index in [9.17, 15) is 21.6 Å². The van der Waals surface area contributed by atoms with E-state index >= 15 is 0 Å². The summed E-state index contributed by atoms with van der Waals surface area (Å²) in [6.07, 6.45) is 1.18. The molecule has 9 heteroatoms. The zero-order valence-corrected chi connectivity index (χ0v) is 14.7. The molecule has 0 bridgehead atoms. The summed E-state index contributed by atoms with van der Waals surface area (Å²) in [5, 5.41) is 0. The molecule has 0 atom stereocenters. The molecule has 0 aliphatic carbocycles. The molecule has 0 unspecified atom stereocenters. The van der Waals surface area contributed by atoms with E-state index < -0.39 is 28.3 Å². The number of halogens is 3. The van der Waals surface area contributed by atoms with Crippen molar-refractivity contribution in [2.24, 2.45) is 0 Å². The van der Waals surface area contributed by atoms with Gasteiger partial charge in [0, 0.05) is 23.5 Å². The summed E-state index contributed by atoms with van der Waals surface area (Å²) in [5.41, 5.74) is 0.180. The molecular formula is C18H15F3N2O3S. The maximum absolute atomic E-state index is 14.1. The second-order valence-electron chi connectivity index (χ2n) is 5.51. The summed E-state index contributed by atoms with van der Waals surface area (Å²) in [4.78, 5) is 2.51. The molecule has 0 amide bonds. The predicted octanol–water partition coefficient (Wildman–Crippen LogP) is 4.11. The largest absolute Gasteiger partial charge is 0.491 e. The lowest BCUT2D eigenvalue weighted by Crippen LogP contribution is -2.13. The highest BCUT2D eigenvalue weighted by molar-refractivity contribution is 7.92. The van der Waals surface area contributed by atoms with E-state index in [1.807, 2.05) is 0 Å². The third-order valence-corrected chi connectivity index (χ3v) is 5.01. The van der Waals surface area contributed by atoms with E-state index in [4.69, 9.17) is 4.74 Å². The lowest BCUT2D eigenvalue weighted by molar-refractivity contribution is 0.272. The highest BCUT2D eigenvalue weighted by Crippen LogP contribution is 2.27. The first kappa shape index (κ1) is 18.8. The highest BCUT2D eigenvalue weighted by atomic mass is 32.2. The lowest BCUT2D eigenvalue weighted by Gasteiger charge is -2.09. The standard InChI is InChI=1S/C18H15F3N2O3S/c19-7-8-26-12-5-6-17(16(21)9-12)23-27(24,25)13-10-18(22-11-13)14-3-1-2-4-15(14)20/h1-6,9-11,22-23H,7-8H2. The Labute approximate surface area is 153 Å². The van der Waals surface area contributed by atoms with Crippen molar-refractivity contribution < 1.29 is 26.3 Å². The Kier molecular flexibility index (Phi) is 5.41. The van der Waals surface area contributed by atoms with Gasteiger partial charge in [-0.15, -0.1) is 0 Å². The van der Waals surface area contributed by atoms with Gasteiger partial charge >= 0.3 is 0 Å². The number of aromatic amines is 1. The van der Waals surface area contributed by atoms with Gasteiger partial charge in [0.2, 0.25) is 0 Å². The minimum atomic E-state index is -4.11. The van der Waals surface area contributed by atoms with Crippen LogP contribution in [0.15, 0.2) is 59.6 Å². The fourth-order valence-corrected chi connectivity index (χ4v) is 3.45. The smallest absolute Gasteiger partial charge is 0.263 e. The van der Waals surface area contributed by atoms with E-state index in [-0.39, 0.29) is 34.2 Å². The van der Waals surface area contributed by atoms with Gasteiger partial charge in [0.1, 0.15) is 29.7 Å². The minimum Gasteiger partial charge on any atom is -0.491 e. The molecule has 3 rings (SSSR count). The Morgan fingerprint density at radius 1 is 1.04 bits per heavy atom. The van der Waals surface area contributed by atoms with Crippen LogP contribution in [0, 0.1) is 11.6 Å². The van der Waals surface area contributed by atoms with Gasteiger partial charge in [0.15, 0.2) is 5.82 Å². The molecule has 0 radical (unpaired) electrons. The van der Waals surface area contributed by atoms with Crippen LogP contribution in [0.4, 0.5) is 18.9 Å². The van der Waals surface area contributed by atoms with Gasteiger partial charge in [-0.25, -0.2) is 21.6 Å². The maximum atomic E-state index is 14.1. The fraction of sp³-hybridized carbons (Fsp3) is 0.111. The molecule has 3 aromatic rings. The second-order valence-corrected chi connectivity index (χ2v) is 7.20. The first-order valence-corrected chi connectivity index (χ1v) is 9.33. The molecule has 2 aromatic carbocycles. The van der Waals surface area contributed by atoms with E-state index in [0.717, 1.165) is 6.07 Å².